The van der Waals surface area contributed by atoms with Crippen LogP contribution in [-0.2, 0) is 0 Å². The number of hydrazine groups is 1. The van der Waals surface area contributed by atoms with E-state index in [1.807, 2.05) is 32.0 Å². The molecule has 1 rings (SSSR count). The zero-order valence-electron chi connectivity index (χ0n) is 10.1. The van der Waals surface area contributed by atoms with Crippen molar-refractivity contribution in [1.29, 1.82) is 0 Å². The number of thioether (sulfide) groups is 1. The van der Waals surface area contributed by atoms with Crippen LogP contribution in [0.2, 0.25) is 0 Å². The highest BCUT2D eigenvalue weighted by Gasteiger charge is 2.09. The molecule has 0 amide bonds. The molecule has 1 atom stereocenters. The Morgan fingerprint density at radius 3 is 2.75 bits per heavy atom. The summed E-state index contributed by atoms with van der Waals surface area (Å²) in [5.74, 6) is 7.38. The average molecular weight is 240 g/mol. The Labute approximate surface area is 102 Å². The number of nitrogens with two attached hydrogens (primary N) is 1. The second kappa shape index (κ2) is 6.78. The molecule has 0 radical (unpaired) electrons. The van der Waals surface area contributed by atoms with Crippen LogP contribution in [-0.4, -0.2) is 18.1 Å². The van der Waals surface area contributed by atoms with Crippen molar-refractivity contribution in [2.24, 2.45) is 5.84 Å². The summed E-state index contributed by atoms with van der Waals surface area (Å²) in [5.41, 5.74) is 3.99. The van der Waals surface area contributed by atoms with Gasteiger partial charge in [0.15, 0.2) is 0 Å². The Kier molecular flexibility index (Phi) is 5.66. The van der Waals surface area contributed by atoms with Crippen LogP contribution in [0.5, 0.6) is 5.75 Å². The van der Waals surface area contributed by atoms with Crippen molar-refractivity contribution in [2.45, 2.75) is 26.0 Å². The van der Waals surface area contributed by atoms with Gasteiger partial charge in [-0.1, -0.05) is 12.1 Å². The molecule has 0 aromatic heterocycles. The predicted octanol–water partition coefficient (Wildman–Crippen LogP) is 2.34. The molecule has 90 valence electrons. The Morgan fingerprint density at radius 1 is 1.44 bits per heavy atom. The van der Waals surface area contributed by atoms with Crippen LogP contribution in [0, 0.1) is 0 Å². The molecule has 0 saturated heterocycles. The number of nitrogens with one attached hydrogen (secondary N) is 1. The molecule has 0 heterocycles. The molecule has 0 spiro atoms. The highest BCUT2D eigenvalue weighted by molar-refractivity contribution is 7.98. The van der Waals surface area contributed by atoms with E-state index in [4.69, 9.17) is 10.6 Å². The first-order valence-electron chi connectivity index (χ1n) is 5.39. The van der Waals surface area contributed by atoms with Crippen LogP contribution >= 0.6 is 11.8 Å². The van der Waals surface area contributed by atoms with Crippen molar-refractivity contribution in [1.82, 2.24) is 5.43 Å². The molecule has 0 bridgehead atoms. The maximum atomic E-state index is 5.65. The Bertz CT molecular complexity index is 318. The molecule has 1 aromatic rings. The van der Waals surface area contributed by atoms with E-state index >= 15 is 0 Å². The molecule has 0 saturated carbocycles. The normalized spacial score (nSPS) is 12.8. The van der Waals surface area contributed by atoms with Crippen LogP contribution in [0.3, 0.4) is 0 Å². The molecule has 16 heavy (non-hydrogen) atoms. The lowest BCUT2D eigenvalue weighted by Gasteiger charge is -2.17. The lowest BCUT2D eigenvalue weighted by atomic mass is 10.1. The Hall–Kier alpha value is -0.710. The fraction of sp³-hybridized carbons (Fsp3) is 0.500. The zero-order chi connectivity index (χ0) is 12.0. The summed E-state index contributed by atoms with van der Waals surface area (Å²) in [6, 6.07) is 8.24. The van der Waals surface area contributed by atoms with Crippen molar-refractivity contribution < 1.29 is 4.74 Å². The first-order valence-corrected chi connectivity index (χ1v) is 6.78. The minimum atomic E-state index is 0.172. The zero-order valence-corrected chi connectivity index (χ0v) is 10.9. The molecule has 0 aliphatic carbocycles. The minimum absolute atomic E-state index is 0.172. The minimum Gasteiger partial charge on any atom is -0.491 e. The quantitative estimate of drug-likeness (QED) is 0.592. The SMILES string of the molecule is CSCC(NN)c1cccc(OC(C)C)c1. The first-order chi connectivity index (χ1) is 7.67. The van der Waals surface area contributed by atoms with Gasteiger partial charge < -0.3 is 4.74 Å². The standard InChI is InChI=1S/C12H20N2OS/c1-9(2)15-11-6-4-5-10(7-11)12(14-13)8-16-3/h4-7,9,12,14H,8,13H2,1-3H3. The van der Waals surface area contributed by atoms with Crippen molar-refractivity contribution >= 4 is 11.8 Å². The molecular formula is C12H20N2OS. The van der Waals surface area contributed by atoms with Crippen molar-refractivity contribution in [3.8, 4) is 5.75 Å². The van der Waals surface area contributed by atoms with Crippen LogP contribution in [0.25, 0.3) is 0 Å². The summed E-state index contributed by atoms with van der Waals surface area (Å²) in [4.78, 5) is 0. The molecule has 3 N–H and O–H groups in total. The highest BCUT2D eigenvalue weighted by Crippen LogP contribution is 2.21. The second-order valence-corrected chi connectivity index (χ2v) is 4.82. The van der Waals surface area contributed by atoms with Crippen LogP contribution in [0.4, 0.5) is 0 Å². The van der Waals surface area contributed by atoms with E-state index in [1.165, 1.54) is 0 Å². The number of rotatable bonds is 6. The summed E-state index contributed by atoms with van der Waals surface area (Å²) < 4.78 is 5.65. The average Bonchev–Trinajstić information content (AvgIpc) is 2.25. The van der Waals surface area contributed by atoms with Gasteiger partial charge in [0.1, 0.15) is 5.75 Å². The number of ether oxygens (including phenoxy) is 1. The van der Waals surface area contributed by atoms with Gasteiger partial charge in [0.05, 0.1) is 12.1 Å². The van der Waals surface area contributed by atoms with Crippen molar-refractivity contribution in [2.75, 3.05) is 12.0 Å². The first kappa shape index (κ1) is 13.4. The number of hydrogen-bond donors (Lipinski definition) is 2. The fourth-order valence-electron chi connectivity index (χ4n) is 1.48. The van der Waals surface area contributed by atoms with E-state index in [-0.39, 0.29) is 12.1 Å². The third-order valence-corrected chi connectivity index (χ3v) is 2.83. The van der Waals surface area contributed by atoms with Gasteiger partial charge in [0.2, 0.25) is 0 Å². The predicted molar refractivity (Wildman–Crippen MR) is 70.7 cm³/mol. The third-order valence-electron chi connectivity index (χ3n) is 2.17. The smallest absolute Gasteiger partial charge is 0.120 e. The highest BCUT2D eigenvalue weighted by atomic mass is 32.2. The monoisotopic (exact) mass is 240 g/mol. The van der Waals surface area contributed by atoms with Crippen molar-refractivity contribution in [3.63, 3.8) is 0 Å². The topological polar surface area (TPSA) is 47.3 Å². The lowest BCUT2D eigenvalue weighted by Crippen LogP contribution is -2.29. The molecule has 0 aliphatic heterocycles. The van der Waals surface area contributed by atoms with E-state index in [2.05, 4.69) is 17.7 Å². The van der Waals surface area contributed by atoms with Crippen molar-refractivity contribution in [3.05, 3.63) is 29.8 Å². The number of benzene rings is 1. The fourth-order valence-corrected chi connectivity index (χ4v) is 2.11. The van der Waals surface area contributed by atoms with E-state index in [9.17, 15) is 0 Å². The Balaban J connectivity index is 2.79. The van der Waals surface area contributed by atoms with E-state index < -0.39 is 0 Å². The van der Waals surface area contributed by atoms with Gasteiger partial charge in [-0.25, -0.2) is 0 Å². The molecule has 1 aromatic carbocycles. The van der Waals surface area contributed by atoms with Crippen LogP contribution in [0.1, 0.15) is 25.5 Å². The molecule has 4 heteroatoms. The third kappa shape index (κ3) is 4.04. The van der Waals surface area contributed by atoms with Crippen LogP contribution < -0.4 is 16.0 Å². The Morgan fingerprint density at radius 2 is 2.19 bits per heavy atom. The lowest BCUT2D eigenvalue weighted by molar-refractivity contribution is 0.242. The molecule has 1 unspecified atom stereocenters. The molecule has 0 fully saturated rings. The van der Waals surface area contributed by atoms with Gasteiger partial charge in [-0.3, -0.25) is 11.3 Å². The van der Waals surface area contributed by atoms with E-state index in [0.717, 1.165) is 17.1 Å². The van der Waals surface area contributed by atoms with E-state index in [1.54, 1.807) is 11.8 Å². The van der Waals surface area contributed by atoms with Gasteiger partial charge in [0.25, 0.3) is 0 Å². The van der Waals surface area contributed by atoms with Gasteiger partial charge >= 0.3 is 0 Å². The van der Waals surface area contributed by atoms with Gasteiger partial charge in [-0.2, -0.15) is 11.8 Å². The number of hydrogen-bond acceptors (Lipinski definition) is 4. The summed E-state index contributed by atoms with van der Waals surface area (Å²) >= 11 is 1.77. The van der Waals surface area contributed by atoms with Crippen LogP contribution in [0.15, 0.2) is 24.3 Å². The maximum absolute atomic E-state index is 5.65. The molecule has 3 nitrogen and oxygen atoms in total. The molecular weight excluding hydrogens is 220 g/mol. The largest absolute Gasteiger partial charge is 0.491 e. The summed E-state index contributed by atoms with van der Waals surface area (Å²) in [6.45, 7) is 4.04. The van der Waals surface area contributed by atoms with Gasteiger partial charge in [-0.05, 0) is 37.8 Å². The van der Waals surface area contributed by atoms with Gasteiger partial charge in [-0.15, -0.1) is 0 Å². The van der Waals surface area contributed by atoms with E-state index in [0.29, 0.717) is 0 Å². The maximum Gasteiger partial charge on any atom is 0.120 e. The molecule has 0 aliphatic rings. The summed E-state index contributed by atoms with van der Waals surface area (Å²) in [7, 11) is 0. The summed E-state index contributed by atoms with van der Waals surface area (Å²) in [5, 5.41) is 0. The summed E-state index contributed by atoms with van der Waals surface area (Å²) in [6.07, 6.45) is 2.26. The van der Waals surface area contributed by atoms with Gasteiger partial charge in [0, 0.05) is 5.75 Å². The second-order valence-electron chi connectivity index (χ2n) is 3.91.